The van der Waals surface area contributed by atoms with E-state index in [2.05, 4.69) is 16.9 Å². The summed E-state index contributed by atoms with van der Waals surface area (Å²) in [5, 5.41) is 17.2. The molecule has 0 saturated carbocycles. The summed E-state index contributed by atoms with van der Waals surface area (Å²) in [6, 6.07) is 6.79. The number of carboxylic acid groups (broad SMARTS) is 1. The van der Waals surface area contributed by atoms with Crippen LogP contribution >= 0.6 is 11.6 Å². The van der Waals surface area contributed by atoms with E-state index in [0.29, 0.717) is 23.0 Å². The van der Waals surface area contributed by atoms with Gasteiger partial charge in [0.05, 0.1) is 6.54 Å². The van der Waals surface area contributed by atoms with Gasteiger partial charge in [-0.25, -0.2) is 9.48 Å². The molecule has 0 amide bonds. The maximum absolute atomic E-state index is 11.2. The molecule has 0 radical (unpaired) electrons. The molecule has 2 rings (SSSR count). The normalized spacial score (nSPS) is 10.4. The molecule has 1 heterocycles. The molecule has 0 aliphatic heterocycles. The highest BCUT2D eigenvalue weighted by molar-refractivity contribution is 6.30. The highest BCUT2D eigenvalue weighted by Crippen LogP contribution is 2.18. The number of benzene rings is 1. The lowest BCUT2D eigenvalue weighted by Crippen LogP contribution is -2.12. The summed E-state index contributed by atoms with van der Waals surface area (Å²) in [5.41, 5.74) is 1.11. The number of aromatic nitrogens is 3. The fourth-order valence-electron chi connectivity index (χ4n) is 1.71. The number of allylic oxidation sites excluding steroid dienone is 1. The molecule has 0 spiro atoms. The van der Waals surface area contributed by atoms with Crippen LogP contribution in [0.5, 0.6) is 5.75 Å². The third-order valence-electron chi connectivity index (χ3n) is 2.65. The van der Waals surface area contributed by atoms with Crippen molar-refractivity contribution >= 4 is 17.6 Å². The van der Waals surface area contributed by atoms with Gasteiger partial charge in [0.25, 0.3) is 0 Å². The van der Waals surface area contributed by atoms with E-state index in [-0.39, 0.29) is 12.3 Å². The Labute approximate surface area is 126 Å². The number of carboxylic acids is 1. The second kappa shape index (κ2) is 6.41. The second-order valence-corrected chi connectivity index (χ2v) is 4.98. The smallest absolute Gasteiger partial charge is 0.358 e. The highest BCUT2D eigenvalue weighted by atomic mass is 35.5. The van der Waals surface area contributed by atoms with Crippen LogP contribution in [-0.2, 0) is 13.2 Å². The van der Waals surface area contributed by atoms with Crippen LogP contribution in [0, 0.1) is 0 Å². The highest BCUT2D eigenvalue weighted by Gasteiger charge is 2.19. The van der Waals surface area contributed by atoms with Gasteiger partial charge in [-0.05, 0) is 31.2 Å². The van der Waals surface area contributed by atoms with E-state index < -0.39 is 5.97 Å². The summed E-state index contributed by atoms with van der Waals surface area (Å²) in [6.07, 6.45) is 0. The molecule has 0 aliphatic rings. The largest absolute Gasteiger partial charge is 0.487 e. The SMILES string of the molecule is C=C(C)Cn1nnc(C(=O)O)c1COc1ccc(Cl)cc1. The monoisotopic (exact) mass is 307 g/mol. The summed E-state index contributed by atoms with van der Waals surface area (Å²) in [5.74, 6) is -0.559. The van der Waals surface area contributed by atoms with Crippen LogP contribution in [0.1, 0.15) is 23.1 Å². The van der Waals surface area contributed by atoms with Crippen LogP contribution in [0.15, 0.2) is 36.4 Å². The molecular formula is C14H14ClN3O3. The fraction of sp³-hybridized carbons (Fsp3) is 0.214. The third-order valence-corrected chi connectivity index (χ3v) is 2.90. The Morgan fingerprint density at radius 3 is 2.67 bits per heavy atom. The van der Waals surface area contributed by atoms with E-state index in [0.717, 1.165) is 5.57 Å². The van der Waals surface area contributed by atoms with Crippen molar-refractivity contribution in [3.63, 3.8) is 0 Å². The molecule has 0 atom stereocenters. The Kier molecular flexibility index (Phi) is 4.59. The maximum atomic E-state index is 11.2. The number of halogens is 1. The van der Waals surface area contributed by atoms with Crippen molar-refractivity contribution in [3.8, 4) is 5.75 Å². The first-order chi connectivity index (χ1) is 9.97. The predicted octanol–water partition coefficient (Wildman–Crippen LogP) is 2.78. The molecule has 1 aromatic carbocycles. The molecule has 7 heteroatoms. The summed E-state index contributed by atoms with van der Waals surface area (Å²) >= 11 is 5.79. The number of hydrogen-bond donors (Lipinski definition) is 1. The van der Waals surface area contributed by atoms with Gasteiger partial charge in [-0.2, -0.15) is 0 Å². The topological polar surface area (TPSA) is 77.2 Å². The van der Waals surface area contributed by atoms with E-state index in [1.54, 1.807) is 24.3 Å². The zero-order valence-corrected chi connectivity index (χ0v) is 12.2. The Hall–Kier alpha value is -2.34. The van der Waals surface area contributed by atoms with Crippen molar-refractivity contribution in [2.24, 2.45) is 0 Å². The van der Waals surface area contributed by atoms with Crippen LogP contribution in [0.25, 0.3) is 0 Å². The Bertz CT molecular complexity index is 665. The molecule has 21 heavy (non-hydrogen) atoms. The molecule has 2 aromatic rings. The lowest BCUT2D eigenvalue weighted by Gasteiger charge is -2.09. The first-order valence-corrected chi connectivity index (χ1v) is 6.53. The molecule has 1 aromatic heterocycles. The molecule has 6 nitrogen and oxygen atoms in total. The summed E-state index contributed by atoms with van der Waals surface area (Å²) in [4.78, 5) is 11.2. The zero-order chi connectivity index (χ0) is 15.4. The van der Waals surface area contributed by atoms with Gasteiger partial charge in [-0.1, -0.05) is 29.0 Å². The van der Waals surface area contributed by atoms with E-state index >= 15 is 0 Å². The van der Waals surface area contributed by atoms with E-state index in [1.807, 2.05) is 6.92 Å². The van der Waals surface area contributed by atoms with Crippen molar-refractivity contribution in [1.29, 1.82) is 0 Å². The minimum atomic E-state index is -1.14. The van der Waals surface area contributed by atoms with Crippen LogP contribution < -0.4 is 4.74 Å². The molecule has 0 fully saturated rings. The van der Waals surface area contributed by atoms with Crippen LogP contribution in [-0.4, -0.2) is 26.1 Å². The average Bonchev–Trinajstić information content (AvgIpc) is 2.80. The summed E-state index contributed by atoms with van der Waals surface area (Å²) in [7, 11) is 0. The molecule has 0 saturated heterocycles. The van der Waals surface area contributed by atoms with E-state index in [9.17, 15) is 4.79 Å². The van der Waals surface area contributed by atoms with Crippen molar-refractivity contribution in [3.05, 3.63) is 52.8 Å². The lowest BCUT2D eigenvalue weighted by atomic mass is 10.3. The van der Waals surface area contributed by atoms with Gasteiger partial charge < -0.3 is 9.84 Å². The second-order valence-electron chi connectivity index (χ2n) is 4.55. The minimum Gasteiger partial charge on any atom is -0.487 e. The first-order valence-electron chi connectivity index (χ1n) is 6.15. The van der Waals surface area contributed by atoms with Gasteiger partial charge in [0.1, 0.15) is 18.1 Å². The van der Waals surface area contributed by atoms with Gasteiger partial charge in [0.15, 0.2) is 5.69 Å². The van der Waals surface area contributed by atoms with Crippen molar-refractivity contribution in [2.45, 2.75) is 20.1 Å². The standard InChI is InChI=1S/C14H14ClN3O3/c1-9(2)7-18-12(13(14(19)20)16-17-18)8-21-11-5-3-10(15)4-6-11/h3-6H,1,7-8H2,2H3,(H,19,20). The molecule has 110 valence electrons. The molecule has 1 N–H and O–H groups in total. The number of hydrogen-bond acceptors (Lipinski definition) is 4. The molecule has 0 unspecified atom stereocenters. The summed E-state index contributed by atoms with van der Waals surface area (Å²) in [6.45, 7) is 6.04. The van der Waals surface area contributed by atoms with Gasteiger partial charge in [-0.3, -0.25) is 0 Å². The van der Waals surface area contributed by atoms with Gasteiger partial charge >= 0.3 is 5.97 Å². The Morgan fingerprint density at radius 2 is 2.10 bits per heavy atom. The molecule has 0 bridgehead atoms. The van der Waals surface area contributed by atoms with Gasteiger partial charge in [0, 0.05) is 5.02 Å². The average molecular weight is 308 g/mol. The number of ether oxygens (including phenoxy) is 1. The zero-order valence-electron chi connectivity index (χ0n) is 11.4. The minimum absolute atomic E-state index is 0.0452. The molecule has 0 aliphatic carbocycles. The van der Waals surface area contributed by atoms with Crippen LogP contribution in [0.3, 0.4) is 0 Å². The first kappa shape index (κ1) is 15.1. The third kappa shape index (κ3) is 3.82. The van der Waals surface area contributed by atoms with Crippen molar-refractivity contribution in [1.82, 2.24) is 15.0 Å². The number of carbonyl (C=O) groups is 1. The summed E-state index contributed by atoms with van der Waals surface area (Å²) < 4.78 is 7.04. The van der Waals surface area contributed by atoms with Crippen molar-refractivity contribution < 1.29 is 14.6 Å². The van der Waals surface area contributed by atoms with Crippen molar-refractivity contribution in [2.75, 3.05) is 0 Å². The number of aromatic carboxylic acids is 1. The number of rotatable bonds is 6. The van der Waals surface area contributed by atoms with E-state index in [4.69, 9.17) is 21.4 Å². The van der Waals surface area contributed by atoms with Crippen LogP contribution in [0.4, 0.5) is 0 Å². The predicted molar refractivity (Wildman–Crippen MR) is 77.6 cm³/mol. The number of nitrogens with zero attached hydrogens (tertiary/aromatic N) is 3. The van der Waals surface area contributed by atoms with E-state index in [1.165, 1.54) is 4.68 Å². The lowest BCUT2D eigenvalue weighted by molar-refractivity contribution is 0.0687. The van der Waals surface area contributed by atoms with Gasteiger partial charge in [0.2, 0.25) is 0 Å². The fourth-order valence-corrected chi connectivity index (χ4v) is 1.83. The quantitative estimate of drug-likeness (QED) is 0.830. The maximum Gasteiger partial charge on any atom is 0.358 e. The molecular weight excluding hydrogens is 294 g/mol. The Balaban J connectivity index is 2.20. The Morgan fingerprint density at radius 1 is 1.43 bits per heavy atom. The van der Waals surface area contributed by atoms with Crippen LogP contribution in [0.2, 0.25) is 5.02 Å². The van der Waals surface area contributed by atoms with Gasteiger partial charge in [-0.15, -0.1) is 5.10 Å².